The van der Waals surface area contributed by atoms with Crippen LogP contribution >= 0.6 is 0 Å². The predicted molar refractivity (Wildman–Crippen MR) is 86.3 cm³/mol. The number of nitrogens with zero attached hydrogens (tertiary/aromatic N) is 3. The van der Waals surface area contributed by atoms with Crippen LogP contribution in [0.2, 0.25) is 0 Å². The van der Waals surface area contributed by atoms with Gasteiger partial charge >= 0.3 is 0 Å². The minimum absolute atomic E-state index is 0. The van der Waals surface area contributed by atoms with Gasteiger partial charge in [-0.25, -0.2) is 4.52 Å². The molecule has 21 heavy (non-hydrogen) atoms. The molecule has 0 aliphatic carbocycles. The number of fused-ring (bicyclic) bond motifs is 1. The number of rotatable bonds is 2. The number of hydrogen-bond donors (Lipinski definition) is 0. The lowest BCUT2D eigenvalue weighted by Gasteiger charge is -2.09. The second-order valence-electron chi connectivity index (χ2n) is 5.67. The number of aromatic nitrogens is 2. The van der Waals surface area contributed by atoms with Gasteiger partial charge in [-0.1, -0.05) is 38.1 Å². The van der Waals surface area contributed by atoms with Gasteiger partial charge in [-0.05, 0) is 35.6 Å². The average Bonchev–Trinajstić information content (AvgIpc) is 2.89. The molecule has 0 fully saturated rings. The first-order valence-electron chi connectivity index (χ1n) is 7.08. The van der Waals surface area contributed by atoms with E-state index in [1.54, 1.807) is 10.7 Å². The molecule has 0 spiro atoms. The summed E-state index contributed by atoms with van der Waals surface area (Å²) in [7, 11) is 0. The quantitative estimate of drug-likeness (QED) is 0.690. The Balaban J connectivity index is 0.00000176. The lowest BCUT2D eigenvalue weighted by molar-refractivity contribution is 0.867. The molecule has 0 aliphatic heterocycles. The van der Waals surface area contributed by atoms with Gasteiger partial charge in [0.2, 0.25) is 0 Å². The molecule has 0 N–H and O–H groups in total. The van der Waals surface area contributed by atoms with E-state index in [2.05, 4.69) is 55.3 Å². The topological polar surface area (TPSA) is 41.1 Å². The van der Waals surface area contributed by atoms with Crippen LogP contribution in [0.4, 0.5) is 0 Å². The lowest BCUT2D eigenvalue weighted by Crippen LogP contribution is -1.93. The molecule has 0 saturated carbocycles. The maximum atomic E-state index is 9.28. The molecule has 3 nitrogen and oxygen atoms in total. The first kappa shape index (κ1) is 13.4. The summed E-state index contributed by atoms with van der Waals surface area (Å²) in [6.45, 7) is 6.41. The Bertz CT molecular complexity index is 839. The van der Waals surface area contributed by atoms with Crippen molar-refractivity contribution >= 4 is 5.52 Å². The van der Waals surface area contributed by atoms with Gasteiger partial charge < -0.3 is 0 Å². The Hall–Kier alpha value is -2.60. The second-order valence-corrected chi connectivity index (χ2v) is 5.67. The Kier molecular flexibility index (Phi) is 3.23. The van der Waals surface area contributed by atoms with Crippen LogP contribution in [0.5, 0.6) is 0 Å². The fraction of sp³-hybridized carbons (Fsp3) is 0.222. The first-order valence-corrected chi connectivity index (χ1v) is 7.08. The van der Waals surface area contributed by atoms with Crippen LogP contribution in [0, 0.1) is 18.3 Å². The summed E-state index contributed by atoms with van der Waals surface area (Å²) in [5.41, 5.74) is 6.09. The van der Waals surface area contributed by atoms with Crippen molar-refractivity contribution in [2.24, 2.45) is 0 Å². The van der Waals surface area contributed by atoms with Crippen molar-refractivity contribution in [3.63, 3.8) is 0 Å². The van der Waals surface area contributed by atoms with E-state index in [9.17, 15) is 5.26 Å². The molecule has 0 aliphatic rings. The largest absolute Gasteiger partial charge is 0.239 e. The number of benzene rings is 1. The van der Waals surface area contributed by atoms with Gasteiger partial charge in [0.05, 0.1) is 17.3 Å². The van der Waals surface area contributed by atoms with Crippen LogP contribution in [0.15, 0.2) is 42.7 Å². The number of nitriles is 1. The molecule has 0 atom stereocenters. The average molecular weight is 278 g/mol. The van der Waals surface area contributed by atoms with Crippen LogP contribution in [0.25, 0.3) is 16.6 Å². The third-order valence-electron chi connectivity index (χ3n) is 3.76. The SMILES string of the molecule is Cc1cc(-c2ccc(C(C)C)cc2)c2c(C#N)cnn2c1.[2HH]. The summed E-state index contributed by atoms with van der Waals surface area (Å²) >= 11 is 0. The van der Waals surface area contributed by atoms with Gasteiger partial charge in [0.25, 0.3) is 0 Å². The van der Waals surface area contributed by atoms with Crippen LogP contribution in [0.1, 0.15) is 37.9 Å². The zero-order valence-corrected chi connectivity index (χ0v) is 12.5. The predicted octanol–water partition coefficient (Wildman–Crippen LogP) is 4.55. The van der Waals surface area contributed by atoms with Gasteiger partial charge in [-0.2, -0.15) is 10.4 Å². The maximum Gasteiger partial charge on any atom is 0.103 e. The van der Waals surface area contributed by atoms with Crippen molar-refractivity contribution < 1.29 is 1.43 Å². The number of pyridine rings is 1. The smallest absolute Gasteiger partial charge is 0.103 e. The third kappa shape index (κ3) is 2.30. The highest BCUT2D eigenvalue weighted by Gasteiger charge is 2.11. The Morgan fingerprint density at radius 3 is 2.57 bits per heavy atom. The molecule has 0 saturated heterocycles. The van der Waals surface area contributed by atoms with Gasteiger partial charge in [0.15, 0.2) is 0 Å². The molecule has 2 aromatic heterocycles. The van der Waals surface area contributed by atoms with Crippen LogP contribution < -0.4 is 0 Å². The molecule has 0 bridgehead atoms. The minimum atomic E-state index is 0. The summed E-state index contributed by atoms with van der Waals surface area (Å²) in [4.78, 5) is 0. The van der Waals surface area contributed by atoms with E-state index in [-0.39, 0.29) is 1.43 Å². The van der Waals surface area contributed by atoms with E-state index in [0.717, 1.165) is 22.2 Å². The van der Waals surface area contributed by atoms with E-state index in [4.69, 9.17) is 0 Å². The number of aryl methyl sites for hydroxylation is 1. The monoisotopic (exact) mass is 278 g/mol. The molecule has 3 aromatic rings. The lowest BCUT2D eigenvalue weighted by atomic mass is 9.97. The van der Waals surface area contributed by atoms with Crippen molar-refractivity contribution in [3.05, 3.63) is 59.4 Å². The van der Waals surface area contributed by atoms with Gasteiger partial charge in [-0.3, -0.25) is 0 Å². The molecule has 3 heteroatoms. The van der Waals surface area contributed by atoms with Gasteiger partial charge in [0.1, 0.15) is 6.07 Å². The van der Waals surface area contributed by atoms with Crippen molar-refractivity contribution in [1.29, 1.82) is 5.26 Å². The van der Waals surface area contributed by atoms with E-state index in [1.165, 1.54) is 5.56 Å². The van der Waals surface area contributed by atoms with E-state index in [1.807, 2.05) is 13.1 Å². The summed E-state index contributed by atoms with van der Waals surface area (Å²) in [6.07, 6.45) is 3.57. The third-order valence-corrected chi connectivity index (χ3v) is 3.76. The van der Waals surface area contributed by atoms with Gasteiger partial charge in [0, 0.05) is 13.2 Å². The summed E-state index contributed by atoms with van der Waals surface area (Å²) < 4.78 is 1.79. The Labute approximate surface area is 125 Å². The summed E-state index contributed by atoms with van der Waals surface area (Å²) in [6, 6.07) is 12.9. The van der Waals surface area contributed by atoms with E-state index < -0.39 is 0 Å². The summed E-state index contributed by atoms with van der Waals surface area (Å²) in [5, 5.41) is 13.6. The minimum Gasteiger partial charge on any atom is -0.239 e. The molecule has 0 amide bonds. The molecule has 3 rings (SSSR count). The highest BCUT2D eigenvalue weighted by Crippen LogP contribution is 2.29. The second kappa shape index (κ2) is 5.06. The van der Waals surface area contributed by atoms with Crippen molar-refractivity contribution in [3.8, 4) is 17.2 Å². The fourth-order valence-electron chi connectivity index (χ4n) is 2.60. The van der Waals surface area contributed by atoms with Crippen molar-refractivity contribution in [2.45, 2.75) is 26.7 Å². The molecule has 0 radical (unpaired) electrons. The van der Waals surface area contributed by atoms with E-state index >= 15 is 0 Å². The van der Waals surface area contributed by atoms with Crippen LogP contribution in [-0.2, 0) is 0 Å². The standard InChI is InChI=1S/C18H17N3.H2/c1-12(2)14-4-6-15(7-5-14)17-8-13(3)11-21-18(17)16(9-19)10-20-21;/h4-8,10-12H,1-3H3;1H/i;1+1. The highest BCUT2D eigenvalue weighted by atomic mass is 15.2. The maximum absolute atomic E-state index is 9.28. The van der Waals surface area contributed by atoms with Crippen molar-refractivity contribution in [2.75, 3.05) is 0 Å². The number of hydrogen-bond acceptors (Lipinski definition) is 2. The molecular weight excluding hydrogens is 258 g/mol. The first-order chi connectivity index (χ1) is 10.1. The zero-order chi connectivity index (χ0) is 15.0. The van der Waals surface area contributed by atoms with Gasteiger partial charge in [-0.15, -0.1) is 0 Å². The molecule has 106 valence electrons. The normalized spacial score (nSPS) is 11.0. The summed E-state index contributed by atoms with van der Waals surface area (Å²) in [5.74, 6) is 0.515. The Morgan fingerprint density at radius 1 is 1.24 bits per heavy atom. The highest BCUT2D eigenvalue weighted by molar-refractivity contribution is 5.84. The molecule has 2 heterocycles. The Morgan fingerprint density at radius 2 is 1.95 bits per heavy atom. The molecule has 1 aromatic carbocycles. The van der Waals surface area contributed by atoms with Crippen molar-refractivity contribution in [1.82, 2.24) is 9.61 Å². The van der Waals surface area contributed by atoms with Crippen LogP contribution in [-0.4, -0.2) is 9.61 Å². The molecular formula is C18H19N3. The zero-order valence-electron chi connectivity index (χ0n) is 12.5. The fourth-order valence-corrected chi connectivity index (χ4v) is 2.60. The molecule has 0 unspecified atom stereocenters. The van der Waals surface area contributed by atoms with E-state index in [0.29, 0.717) is 11.5 Å². The van der Waals surface area contributed by atoms with Crippen LogP contribution in [0.3, 0.4) is 0 Å².